The van der Waals surface area contributed by atoms with E-state index in [2.05, 4.69) is 26.1 Å². The quantitative estimate of drug-likeness (QED) is 0.239. The Morgan fingerprint density at radius 3 is 2.73 bits per heavy atom. The molecule has 1 atom stereocenters. The van der Waals surface area contributed by atoms with Gasteiger partial charge in [0, 0.05) is 35.1 Å². The number of hydrogen-bond donors (Lipinski definition) is 1. The van der Waals surface area contributed by atoms with Crippen LogP contribution in [0.15, 0.2) is 18.2 Å². The summed E-state index contributed by atoms with van der Waals surface area (Å²) >= 11 is 12.0. The van der Waals surface area contributed by atoms with E-state index in [1.54, 1.807) is 0 Å². The van der Waals surface area contributed by atoms with Gasteiger partial charge in [-0.1, -0.05) is 58.1 Å². The number of benzene rings is 1. The molecule has 0 spiro atoms. The Hall–Kier alpha value is -1.72. The summed E-state index contributed by atoms with van der Waals surface area (Å²) in [7, 11) is 0. The molecule has 1 aromatic heterocycles. The van der Waals surface area contributed by atoms with Crippen molar-refractivity contribution in [2.24, 2.45) is 11.8 Å². The normalized spacial score (nSPS) is 13.4. The van der Waals surface area contributed by atoms with Gasteiger partial charge in [0.15, 0.2) is 5.69 Å². The minimum atomic E-state index is -0.124. The smallest absolute Gasteiger partial charge is 0.272 e. The Morgan fingerprint density at radius 2 is 2.00 bits per heavy atom. The highest BCUT2D eigenvalue weighted by molar-refractivity contribution is 6.30. The molecule has 1 unspecified atom stereocenters. The summed E-state index contributed by atoms with van der Waals surface area (Å²) in [6.07, 6.45) is 7.73. The zero-order valence-electron chi connectivity index (χ0n) is 20.1. The summed E-state index contributed by atoms with van der Waals surface area (Å²) in [6, 6.07) is 5.63. The van der Waals surface area contributed by atoms with E-state index in [9.17, 15) is 4.79 Å². The lowest BCUT2D eigenvalue weighted by atomic mass is 9.93. The number of unbranched alkanes of at least 4 members (excludes halogenated alkanes) is 2. The molecule has 7 heteroatoms. The number of rotatable bonds is 13. The predicted molar refractivity (Wildman–Crippen MR) is 136 cm³/mol. The fraction of sp³-hybridized carbons (Fsp3) is 0.615. The van der Waals surface area contributed by atoms with E-state index in [0.717, 1.165) is 60.7 Å². The molecule has 1 aliphatic rings. The largest absolute Gasteiger partial charge is 0.488 e. The van der Waals surface area contributed by atoms with E-state index in [-0.39, 0.29) is 5.91 Å². The lowest BCUT2D eigenvalue weighted by molar-refractivity contribution is 0.0938. The minimum Gasteiger partial charge on any atom is -0.488 e. The zero-order chi connectivity index (χ0) is 23.8. The molecule has 1 N–H and O–H groups in total. The maximum atomic E-state index is 13.1. The highest BCUT2D eigenvalue weighted by Gasteiger charge is 2.29. The van der Waals surface area contributed by atoms with Crippen LogP contribution in [0.4, 0.5) is 0 Å². The number of nitrogens with one attached hydrogen (secondary N) is 1. The van der Waals surface area contributed by atoms with Crippen LogP contribution in [0.1, 0.15) is 81.8 Å². The predicted octanol–water partition coefficient (Wildman–Crippen LogP) is 7.09. The van der Waals surface area contributed by atoms with Crippen LogP contribution in [0.5, 0.6) is 5.75 Å². The molecule has 33 heavy (non-hydrogen) atoms. The highest BCUT2D eigenvalue weighted by atomic mass is 35.5. The van der Waals surface area contributed by atoms with Gasteiger partial charge in [0.05, 0.1) is 5.69 Å². The average Bonchev–Trinajstić information content (AvgIpc) is 3.19. The number of alkyl halides is 1. The van der Waals surface area contributed by atoms with Crippen molar-refractivity contribution in [2.45, 2.75) is 78.9 Å². The number of aryl methyl sites for hydroxylation is 1. The number of halogens is 2. The number of hydrogen-bond acceptors (Lipinski definition) is 3. The van der Waals surface area contributed by atoms with Crippen molar-refractivity contribution in [1.82, 2.24) is 15.1 Å². The highest BCUT2D eigenvalue weighted by Crippen LogP contribution is 2.40. The summed E-state index contributed by atoms with van der Waals surface area (Å²) in [5.74, 6) is 2.48. The van der Waals surface area contributed by atoms with Crippen molar-refractivity contribution in [1.29, 1.82) is 0 Å². The van der Waals surface area contributed by atoms with E-state index in [1.165, 1.54) is 19.3 Å². The van der Waals surface area contributed by atoms with E-state index in [4.69, 9.17) is 33.0 Å². The molecule has 2 heterocycles. The van der Waals surface area contributed by atoms with Gasteiger partial charge in [0.25, 0.3) is 5.91 Å². The van der Waals surface area contributed by atoms with Crippen molar-refractivity contribution >= 4 is 29.1 Å². The molecule has 3 rings (SSSR count). The molecule has 0 radical (unpaired) electrons. The van der Waals surface area contributed by atoms with Gasteiger partial charge >= 0.3 is 0 Å². The monoisotopic (exact) mass is 493 g/mol. The van der Waals surface area contributed by atoms with Crippen molar-refractivity contribution in [3.8, 4) is 17.0 Å². The molecular weight excluding hydrogens is 457 g/mol. The van der Waals surface area contributed by atoms with Crippen molar-refractivity contribution in [3.05, 3.63) is 34.5 Å². The fourth-order valence-corrected chi connectivity index (χ4v) is 4.80. The van der Waals surface area contributed by atoms with E-state index in [0.29, 0.717) is 35.7 Å². The SMILES string of the molecule is CCC(CC)CCC(C)CNC(=O)c1nn(CCCCCCl)c2c1COc1cc(Cl)ccc1-2. The summed E-state index contributed by atoms with van der Waals surface area (Å²) in [5.41, 5.74) is 3.22. The first-order valence-corrected chi connectivity index (χ1v) is 13.3. The maximum absolute atomic E-state index is 13.1. The third-order valence-corrected chi connectivity index (χ3v) is 7.18. The molecule has 1 aliphatic heterocycles. The van der Waals surface area contributed by atoms with Gasteiger partial charge in [-0.05, 0) is 49.3 Å². The van der Waals surface area contributed by atoms with E-state index in [1.807, 2.05) is 22.9 Å². The van der Waals surface area contributed by atoms with E-state index < -0.39 is 0 Å². The van der Waals surface area contributed by atoms with Gasteiger partial charge < -0.3 is 10.1 Å². The van der Waals surface area contributed by atoms with Crippen LogP contribution < -0.4 is 10.1 Å². The first kappa shape index (κ1) is 25.9. The van der Waals surface area contributed by atoms with Gasteiger partial charge in [0.1, 0.15) is 12.4 Å². The number of fused-ring (bicyclic) bond motifs is 3. The molecule has 0 fully saturated rings. The van der Waals surface area contributed by atoms with Crippen LogP contribution in [0, 0.1) is 11.8 Å². The summed E-state index contributed by atoms with van der Waals surface area (Å²) in [4.78, 5) is 13.1. The first-order valence-electron chi connectivity index (χ1n) is 12.3. The third kappa shape index (κ3) is 6.66. The van der Waals surface area contributed by atoms with Gasteiger partial charge in [0.2, 0.25) is 0 Å². The minimum absolute atomic E-state index is 0.124. The fourth-order valence-electron chi connectivity index (χ4n) is 4.45. The number of carbonyl (C=O) groups excluding carboxylic acids is 1. The second-order valence-corrected chi connectivity index (χ2v) is 9.97. The molecule has 1 amide bonds. The molecule has 0 bridgehead atoms. The van der Waals surface area contributed by atoms with E-state index >= 15 is 0 Å². The Labute approximate surface area is 208 Å². The van der Waals surface area contributed by atoms with Crippen molar-refractivity contribution in [3.63, 3.8) is 0 Å². The van der Waals surface area contributed by atoms with Crippen LogP contribution in [0.2, 0.25) is 5.02 Å². The number of amides is 1. The van der Waals surface area contributed by atoms with Crippen LogP contribution in [-0.4, -0.2) is 28.1 Å². The first-order chi connectivity index (χ1) is 16.0. The molecule has 182 valence electrons. The van der Waals surface area contributed by atoms with Gasteiger partial charge in [-0.3, -0.25) is 9.48 Å². The molecule has 0 aliphatic carbocycles. The van der Waals surface area contributed by atoms with Crippen LogP contribution in [0.3, 0.4) is 0 Å². The van der Waals surface area contributed by atoms with Gasteiger partial charge in [-0.25, -0.2) is 0 Å². The zero-order valence-corrected chi connectivity index (χ0v) is 21.6. The van der Waals surface area contributed by atoms with Gasteiger partial charge in [-0.15, -0.1) is 11.6 Å². The molecule has 5 nitrogen and oxygen atoms in total. The standard InChI is InChI=1S/C26H37Cl2N3O2/c1-4-19(5-2)10-9-18(3)16-29-26(32)24-22-17-33-23-15-20(28)11-12-21(23)25(22)31(30-24)14-8-6-7-13-27/h11-12,15,18-19H,4-10,13-14,16-17H2,1-3H3,(H,29,32). The van der Waals surface area contributed by atoms with Crippen molar-refractivity contribution < 1.29 is 9.53 Å². The molecule has 2 aromatic rings. The Morgan fingerprint density at radius 1 is 1.21 bits per heavy atom. The number of carbonyl (C=O) groups is 1. The van der Waals surface area contributed by atoms with Crippen LogP contribution in [-0.2, 0) is 13.2 Å². The summed E-state index contributed by atoms with van der Waals surface area (Å²) in [6.45, 7) is 8.42. The van der Waals surface area contributed by atoms with Gasteiger partial charge in [-0.2, -0.15) is 5.10 Å². The molecule has 0 saturated carbocycles. The second-order valence-electron chi connectivity index (χ2n) is 9.15. The lowest BCUT2D eigenvalue weighted by Crippen LogP contribution is -2.30. The number of aromatic nitrogens is 2. The Balaban J connectivity index is 1.75. The van der Waals surface area contributed by atoms with Crippen LogP contribution in [0.25, 0.3) is 11.3 Å². The molecule has 0 saturated heterocycles. The average molecular weight is 495 g/mol. The van der Waals surface area contributed by atoms with Crippen LogP contribution >= 0.6 is 23.2 Å². The maximum Gasteiger partial charge on any atom is 0.272 e. The molecular formula is C26H37Cl2N3O2. The Bertz CT molecular complexity index is 925. The number of ether oxygens (including phenoxy) is 1. The Kier molecular flexibility index (Phi) is 9.94. The molecule has 1 aromatic carbocycles. The number of nitrogens with zero attached hydrogens (tertiary/aromatic N) is 2. The summed E-state index contributed by atoms with van der Waals surface area (Å²) < 4.78 is 7.92. The lowest BCUT2D eigenvalue weighted by Gasteiger charge is -2.20. The topological polar surface area (TPSA) is 56.2 Å². The summed E-state index contributed by atoms with van der Waals surface area (Å²) in [5, 5.41) is 8.50. The second kappa shape index (κ2) is 12.7. The van der Waals surface area contributed by atoms with Crippen molar-refractivity contribution in [2.75, 3.05) is 12.4 Å². The third-order valence-electron chi connectivity index (χ3n) is 6.67.